The Morgan fingerprint density at radius 2 is 2.06 bits per heavy atom. The normalized spacial score (nSPS) is 17.0. The molecule has 1 fully saturated rings. The number of amides is 1. The summed E-state index contributed by atoms with van der Waals surface area (Å²) in [6, 6.07) is 7.87. The lowest BCUT2D eigenvalue weighted by atomic mass is 10.0. The maximum absolute atomic E-state index is 12.1. The van der Waals surface area contributed by atoms with Gasteiger partial charge in [-0.2, -0.15) is 0 Å². The maximum atomic E-state index is 12.1. The summed E-state index contributed by atoms with van der Waals surface area (Å²) >= 11 is 0. The summed E-state index contributed by atoms with van der Waals surface area (Å²) in [6.45, 7) is 10.7. The highest BCUT2D eigenvalue weighted by atomic mass is 127. The molecule has 1 aromatic carbocycles. The minimum absolute atomic E-state index is 0. The Morgan fingerprint density at radius 3 is 2.77 bits per heavy atom. The lowest BCUT2D eigenvalue weighted by molar-refractivity contribution is 0.0827. The minimum atomic E-state index is 0. The van der Waals surface area contributed by atoms with Crippen molar-refractivity contribution in [2.24, 2.45) is 10.9 Å². The van der Waals surface area contributed by atoms with Crippen LogP contribution in [0.3, 0.4) is 0 Å². The highest BCUT2D eigenvalue weighted by Gasteiger charge is 2.15. The average molecular weight is 544 g/mol. The monoisotopic (exact) mass is 543 g/mol. The van der Waals surface area contributed by atoms with Crippen molar-refractivity contribution in [1.29, 1.82) is 0 Å². The smallest absolute Gasteiger partial charge is 0.253 e. The number of guanidine groups is 1. The van der Waals surface area contributed by atoms with E-state index in [1.807, 2.05) is 18.2 Å². The van der Waals surface area contributed by atoms with Gasteiger partial charge in [-0.25, -0.2) is 0 Å². The van der Waals surface area contributed by atoms with Crippen molar-refractivity contribution in [3.63, 3.8) is 0 Å². The molecule has 1 aromatic rings. The number of rotatable bonds is 10. The summed E-state index contributed by atoms with van der Waals surface area (Å²) in [4.78, 5) is 21.1. The van der Waals surface area contributed by atoms with Gasteiger partial charge >= 0.3 is 0 Å². The molecule has 7 heteroatoms. The number of aliphatic imine (C=N–C) groups is 1. The van der Waals surface area contributed by atoms with Gasteiger partial charge in [0.1, 0.15) is 0 Å². The van der Waals surface area contributed by atoms with Gasteiger partial charge in [-0.1, -0.05) is 19.1 Å². The second-order valence-corrected chi connectivity index (χ2v) is 8.59. The number of unbranched alkanes of at least 4 members (excludes halogenated alkanes) is 1. The first-order valence-corrected chi connectivity index (χ1v) is 11.5. The Kier molecular flexibility index (Phi) is 13.8. The van der Waals surface area contributed by atoms with Gasteiger partial charge in [0.05, 0.1) is 0 Å². The van der Waals surface area contributed by atoms with E-state index in [-0.39, 0.29) is 29.9 Å². The predicted molar refractivity (Wildman–Crippen MR) is 142 cm³/mol. The molecule has 1 unspecified atom stereocenters. The summed E-state index contributed by atoms with van der Waals surface area (Å²) in [5.74, 6) is 1.77. The third kappa shape index (κ3) is 10.7. The fourth-order valence-electron chi connectivity index (χ4n) is 3.91. The van der Waals surface area contributed by atoms with E-state index in [1.165, 1.54) is 38.9 Å². The molecule has 31 heavy (non-hydrogen) atoms. The van der Waals surface area contributed by atoms with Crippen molar-refractivity contribution >= 4 is 35.8 Å². The van der Waals surface area contributed by atoms with Crippen LogP contribution < -0.4 is 10.6 Å². The van der Waals surface area contributed by atoms with E-state index >= 15 is 0 Å². The summed E-state index contributed by atoms with van der Waals surface area (Å²) in [6.07, 6.45) is 5.92. The largest absolute Gasteiger partial charge is 0.357 e. The van der Waals surface area contributed by atoms with Gasteiger partial charge < -0.3 is 20.4 Å². The fourth-order valence-corrected chi connectivity index (χ4v) is 3.91. The maximum Gasteiger partial charge on any atom is 0.253 e. The van der Waals surface area contributed by atoms with Gasteiger partial charge in [-0.05, 0) is 75.7 Å². The number of carbonyl (C=O) groups is 1. The Hall–Kier alpha value is -1.35. The predicted octanol–water partition coefficient (Wildman–Crippen LogP) is 3.62. The number of hydrogen-bond acceptors (Lipinski definition) is 3. The zero-order valence-electron chi connectivity index (χ0n) is 19.8. The summed E-state index contributed by atoms with van der Waals surface area (Å²) in [7, 11) is 3.56. The second-order valence-electron chi connectivity index (χ2n) is 8.59. The highest BCUT2D eigenvalue weighted by Crippen LogP contribution is 2.15. The van der Waals surface area contributed by atoms with Crippen LogP contribution in [0.15, 0.2) is 29.3 Å². The fraction of sp³-hybridized carbons (Fsp3) is 0.667. The molecule has 176 valence electrons. The lowest BCUT2D eigenvalue weighted by Gasteiger charge is -2.30. The van der Waals surface area contributed by atoms with Crippen LogP contribution >= 0.6 is 24.0 Å². The van der Waals surface area contributed by atoms with Crippen LogP contribution in [0.25, 0.3) is 0 Å². The van der Waals surface area contributed by atoms with Gasteiger partial charge in [0.15, 0.2) is 5.96 Å². The molecule has 0 aromatic heterocycles. The van der Waals surface area contributed by atoms with E-state index in [4.69, 9.17) is 4.99 Å². The molecule has 1 aliphatic rings. The number of halogens is 1. The molecule has 1 saturated heterocycles. The summed E-state index contributed by atoms with van der Waals surface area (Å²) in [5, 5.41) is 6.75. The van der Waals surface area contributed by atoms with Crippen molar-refractivity contribution in [2.45, 2.75) is 46.0 Å². The topological polar surface area (TPSA) is 60.0 Å². The number of benzene rings is 1. The van der Waals surface area contributed by atoms with Crippen molar-refractivity contribution < 1.29 is 4.79 Å². The number of carbonyl (C=O) groups excluding carboxylic acids is 1. The Labute approximate surface area is 206 Å². The molecule has 1 heterocycles. The van der Waals surface area contributed by atoms with E-state index in [0.717, 1.165) is 55.5 Å². The molecule has 0 saturated carbocycles. The van der Waals surface area contributed by atoms with Crippen molar-refractivity contribution in [2.75, 3.05) is 53.4 Å². The third-order valence-electron chi connectivity index (χ3n) is 5.52. The number of hydrogen-bond donors (Lipinski definition) is 2. The number of likely N-dealkylation sites (tertiary alicyclic amines) is 1. The van der Waals surface area contributed by atoms with E-state index in [0.29, 0.717) is 0 Å². The average Bonchev–Trinajstić information content (AvgIpc) is 2.73. The Morgan fingerprint density at radius 1 is 1.26 bits per heavy atom. The summed E-state index contributed by atoms with van der Waals surface area (Å²) in [5.41, 5.74) is 1.89. The van der Waals surface area contributed by atoms with Gasteiger partial charge in [0.2, 0.25) is 0 Å². The van der Waals surface area contributed by atoms with Crippen molar-refractivity contribution in [1.82, 2.24) is 20.4 Å². The zero-order chi connectivity index (χ0) is 21.8. The van der Waals surface area contributed by atoms with Crippen LogP contribution in [0.2, 0.25) is 0 Å². The zero-order valence-corrected chi connectivity index (χ0v) is 22.2. The minimum Gasteiger partial charge on any atom is -0.357 e. The standard InChI is InChI=1S/C24H41N5O.HI/c1-5-25-24(26-14-6-7-16-29-17-9-10-20(2)19-29)27-15-13-21-11-8-12-22(18-21)23(30)28(3)4;/h8,11-12,18,20H,5-7,9-10,13-17,19H2,1-4H3,(H2,25,26,27);1H. The quantitative estimate of drug-likeness (QED) is 0.205. The molecule has 2 N–H and O–H groups in total. The molecular formula is C24H42IN5O. The Bertz CT molecular complexity index is 680. The molecule has 1 aliphatic heterocycles. The van der Waals surface area contributed by atoms with Crippen molar-refractivity contribution in [3.05, 3.63) is 35.4 Å². The van der Waals surface area contributed by atoms with Gasteiger partial charge in [-0.3, -0.25) is 9.79 Å². The number of piperidine rings is 1. The first-order valence-electron chi connectivity index (χ1n) is 11.5. The van der Waals surface area contributed by atoms with Crippen LogP contribution in [0.5, 0.6) is 0 Å². The van der Waals surface area contributed by atoms with Crippen LogP contribution in [0, 0.1) is 5.92 Å². The summed E-state index contributed by atoms with van der Waals surface area (Å²) < 4.78 is 0. The highest BCUT2D eigenvalue weighted by molar-refractivity contribution is 14.0. The van der Waals surface area contributed by atoms with Crippen LogP contribution in [-0.2, 0) is 6.42 Å². The molecule has 0 aliphatic carbocycles. The molecule has 0 spiro atoms. The van der Waals surface area contributed by atoms with E-state index < -0.39 is 0 Å². The molecule has 6 nitrogen and oxygen atoms in total. The molecule has 0 radical (unpaired) electrons. The van der Waals surface area contributed by atoms with Crippen LogP contribution in [0.1, 0.15) is 55.5 Å². The van der Waals surface area contributed by atoms with Gasteiger partial charge in [0.25, 0.3) is 5.91 Å². The Balaban J connectivity index is 0.00000480. The lowest BCUT2D eigenvalue weighted by Crippen LogP contribution is -2.38. The molecular weight excluding hydrogens is 501 g/mol. The molecule has 0 bridgehead atoms. The third-order valence-corrected chi connectivity index (χ3v) is 5.52. The second kappa shape index (κ2) is 15.5. The van der Waals surface area contributed by atoms with Gasteiger partial charge in [0, 0.05) is 45.8 Å². The van der Waals surface area contributed by atoms with E-state index in [2.05, 4.69) is 35.4 Å². The van der Waals surface area contributed by atoms with E-state index in [1.54, 1.807) is 19.0 Å². The number of nitrogens with zero attached hydrogens (tertiary/aromatic N) is 3. The van der Waals surface area contributed by atoms with Crippen LogP contribution in [0.4, 0.5) is 0 Å². The van der Waals surface area contributed by atoms with Crippen LogP contribution in [-0.4, -0.2) is 75.0 Å². The SMILES string of the molecule is CCNC(=NCCCCN1CCCC(C)C1)NCCc1cccc(C(=O)N(C)C)c1.I. The van der Waals surface area contributed by atoms with Gasteiger partial charge in [-0.15, -0.1) is 24.0 Å². The molecule has 2 rings (SSSR count). The number of nitrogens with one attached hydrogen (secondary N) is 2. The van der Waals surface area contributed by atoms with Crippen molar-refractivity contribution in [3.8, 4) is 0 Å². The first-order chi connectivity index (χ1) is 14.5. The molecule has 1 atom stereocenters. The van der Waals surface area contributed by atoms with E-state index in [9.17, 15) is 4.79 Å². The molecule has 1 amide bonds. The first kappa shape index (κ1) is 27.7.